The normalized spacial score (nSPS) is 19.1. The van der Waals surface area contributed by atoms with Gasteiger partial charge in [-0.05, 0) is 54.8 Å². The number of phenolic OH excluding ortho intramolecular Hbond substituents is 1. The van der Waals surface area contributed by atoms with Gasteiger partial charge in [-0.25, -0.2) is 9.18 Å². The number of halogens is 1. The smallest absolute Gasteiger partial charge is 0.325 e. The molecule has 7 heteroatoms. The third-order valence-corrected chi connectivity index (χ3v) is 6.23. The Morgan fingerprint density at radius 2 is 1.76 bits per heavy atom. The minimum atomic E-state index is -0.801. The van der Waals surface area contributed by atoms with Crippen LogP contribution in [0.15, 0.2) is 72.8 Å². The maximum Gasteiger partial charge on any atom is 0.325 e. The number of carbonyl (C=O) groups is 1. The molecule has 0 aliphatic carbocycles. The monoisotopic (exact) mass is 450 g/mol. The zero-order valence-electron chi connectivity index (χ0n) is 18.6. The average Bonchev–Trinajstić information content (AvgIpc) is 3.08. The van der Waals surface area contributed by atoms with Gasteiger partial charge in [0.15, 0.2) is 0 Å². The number of aliphatic hydroxyl groups is 1. The van der Waals surface area contributed by atoms with E-state index in [4.69, 9.17) is 4.74 Å². The summed E-state index contributed by atoms with van der Waals surface area (Å²) in [5.41, 5.74) is 1.93. The van der Waals surface area contributed by atoms with Crippen molar-refractivity contribution in [2.75, 3.05) is 19.1 Å². The topological polar surface area (TPSA) is 73.2 Å². The van der Waals surface area contributed by atoms with Crippen molar-refractivity contribution < 1.29 is 24.1 Å². The Morgan fingerprint density at radius 3 is 2.39 bits per heavy atom. The van der Waals surface area contributed by atoms with E-state index >= 15 is 0 Å². The van der Waals surface area contributed by atoms with E-state index in [0.29, 0.717) is 29.7 Å². The zero-order valence-corrected chi connectivity index (χ0v) is 18.6. The molecule has 1 saturated heterocycles. The first-order valence-electron chi connectivity index (χ1n) is 10.8. The molecular weight excluding hydrogens is 423 g/mol. The minimum Gasteiger partial charge on any atom is -0.507 e. The highest BCUT2D eigenvalue weighted by Crippen LogP contribution is 2.44. The van der Waals surface area contributed by atoms with Crippen molar-refractivity contribution in [3.63, 3.8) is 0 Å². The summed E-state index contributed by atoms with van der Waals surface area (Å²) in [6, 6.07) is 19.2. The van der Waals surface area contributed by atoms with Crippen LogP contribution in [0.4, 0.5) is 14.9 Å². The van der Waals surface area contributed by atoms with E-state index in [-0.39, 0.29) is 23.6 Å². The van der Waals surface area contributed by atoms with Gasteiger partial charge < -0.3 is 19.8 Å². The average molecular weight is 451 g/mol. The van der Waals surface area contributed by atoms with Gasteiger partial charge in [0.1, 0.15) is 17.3 Å². The van der Waals surface area contributed by atoms with Crippen molar-refractivity contribution in [2.45, 2.75) is 31.0 Å². The number of nitrogens with zero attached hydrogens (tertiary/aromatic N) is 2. The summed E-state index contributed by atoms with van der Waals surface area (Å²) in [5, 5.41) is 21.5. The van der Waals surface area contributed by atoms with Crippen LogP contribution >= 0.6 is 0 Å². The largest absolute Gasteiger partial charge is 0.507 e. The van der Waals surface area contributed by atoms with Gasteiger partial charge >= 0.3 is 6.03 Å². The molecule has 4 rings (SSSR count). The molecule has 1 heterocycles. The van der Waals surface area contributed by atoms with Gasteiger partial charge in [-0.2, -0.15) is 0 Å². The number of phenols is 1. The Hall–Kier alpha value is -3.58. The van der Waals surface area contributed by atoms with Crippen molar-refractivity contribution >= 4 is 11.7 Å². The zero-order chi connectivity index (χ0) is 23.5. The number of methoxy groups -OCH3 is 1. The van der Waals surface area contributed by atoms with Crippen LogP contribution < -0.4 is 9.64 Å². The highest BCUT2D eigenvalue weighted by Gasteiger charge is 2.46. The number of likely N-dealkylation sites (N-methyl/N-ethyl adjacent to an activating group) is 1. The first-order valence-corrected chi connectivity index (χ1v) is 10.8. The SMILES string of the molecule is COc1ccc([C@@H]2[C@H](CCC(O)c3ccc(F)cc3)N(C)C(=O)N2c2ccccc2)c(O)c1. The van der Waals surface area contributed by atoms with Crippen LogP contribution in [0.2, 0.25) is 0 Å². The lowest BCUT2D eigenvalue weighted by Crippen LogP contribution is -2.31. The molecule has 3 aromatic rings. The van der Waals surface area contributed by atoms with Gasteiger partial charge in [-0.15, -0.1) is 0 Å². The molecule has 1 unspecified atom stereocenters. The molecule has 2 N–H and O–H groups in total. The number of para-hydroxylation sites is 1. The van der Waals surface area contributed by atoms with E-state index in [9.17, 15) is 19.4 Å². The molecule has 1 aliphatic rings. The molecule has 0 radical (unpaired) electrons. The summed E-state index contributed by atoms with van der Waals surface area (Å²) >= 11 is 0. The Balaban J connectivity index is 1.67. The molecule has 3 aromatic carbocycles. The molecule has 0 saturated carbocycles. The van der Waals surface area contributed by atoms with Gasteiger partial charge in [0.2, 0.25) is 0 Å². The number of aromatic hydroxyl groups is 1. The van der Waals surface area contributed by atoms with Gasteiger partial charge in [-0.3, -0.25) is 4.90 Å². The van der Waals surface area contributed by atoms with Crippen molar-refractivity contribution in [3.8, 4) is 11.5 Å². The quantitative estimate of drug-likeness (QED) is 0.529. The second-order valence-corrected chi connectivity index (χ2v) is 8.18. The molecule has 3 atom stereocenters. The molecule has 1 fully saturated rings. The molecule has 1 aliphatic heterocycles. The number of amides is 2. The molecular formula is C26H27FN2O4. The second-order valence-electron chi connectivity index (χ2n) is 8.18. The van der Waals surface area contributed by atoms with Gasteiger partial charge in [0.25, 0.3) is 0 Å². The van der Waals surface area contributed by atoms with E-state index < -0.39 is 12.1 Å². The number of carbonyl (C=O) groups excluding carboxylic acids is 1. The molecule has 0 aromatic heterocycles. The minimum absolute atomic E-state index is 0.0347. The summed E-state index contributed by atoms with van der Waals surface area (Å²) in [6.45, 7) is 0. The van der Waals surface area contributed by atoms with Gasteiger partial charge in [0, 0.05) is 24.4 Å². The van der Waals surface area contributed by atoms with Crippen LogP contribution in [0.3, 0.4) is 0 Å². The Labute approximate surface area is 192 Å². The van der Waals surface area contributed by atoms with E-state index in [1.165, 1.54) is 25.3 Å². The van der Waals surface area contributed by atoms with Crippen molar-refractivity contribution in [3.05, 3.63) is 89.7 Å². The highest BCUT2D eigenvalue weighted by atomic mass is 19.1. The van der Waals surface area contributed by atoms with Crippen LogP contribution in [0, 0.1) is 5.82 Å². The molecule has 0 bridgehead atoms. The highest BCUT2D eigenvalue weighted by molar-refractivity contribution is 5.95. The summed E-state index contributed by atoms with van der Waals surface area (Å²) in [7, 11) is 3.25. The summed E-state index contributed by atoms with van der Waals surface area (Å²) in [5.74, 6) is 0.191. The van der Waals surface area contributed by atoms with Crippen LogP contribution in [0.5, 0.6) is 11.5 Å². The fraction of sp³-hybridized carbons (Fsp3) is 0.269. The van der Waals surface area contributed by atoms with Gasteiger partial charge in [0.05, 0.1) is 25.3 Å². The predicted molar refractivity (Wildman–Crippen MR) is 124 cm³/mol. The van der Waals surface area contributed by atoms with E-state index in [2.05, 4.69) is 0 Å². The lowest BCUT2D eigenvalue weighted by atomic mass is 9.92. The fourth-order valence-corrected chi connectivity index (χ4v) is 4.45. The van der Waals surface area contributed by atoms with E-state index in [1.807, 2.05) is 30.3 Å². The Bertz CT molecular complexity index is 1110. The van der Waals surface area contributed by atoms with Crippen LogP contribution in [-0.4, -0.2) is 41.3 Å². The molecule has 172 valence electrons. The molecule has 6 nitrogen and oxygen atoms in total. The molecule has 0 spiro atoms. The number of hydrogen-bond donors (Lipinski definition) is 2. The third kappa shape index (κ3) is 4.50. The standard InChI is InChI=1S/C26H27FN2O4/c1-28-22(14-15-23(30)17-8-10-18(27)11-9-17)25(21-13-12-20(33-2)16-24(21)31)29(26(28)32)19-6-4-3-5-7-19/h3-13,16,22-23,25,30-31H,14-15H2,1-2H3/t22-,23?,25+/m0/s1. The molecule has 33 heavy (non-hydrogen) atoms. The number of rotatable bonds is 7. The number of hydrogen-bond acceptors (Lipinski definition) is 4. The summed E-state index contributed by atoms with van der Waals surface area (Å²) in [4.78, 5) is 16.7. The van der Waals surface area contributed by atoms with Crippen LogP contribution in [0.25, 0.3) is 0 Å². The Morgan fingerprint density at radius 1 is 1.06 bits per heavy atom. The summed E-state index contributed by atoms with van der Waals surface area (Å²) < 4.78 is 18.5. The maximum atomic E-state index is 13.3. The lowest BCUT2D eigenvalue weighted by molar-refractivity contribution is 0.148. The second kappa shape index (κ2) is 9.50. The van der Waals surface area contributed by atoms with Crippen LogP contribution in [-0.2, 0) is 0 Å². The number of urea groups is 1. The number of anilines is 1. The fourth-order valence-electron chi connectivity index (χ4n) is 4.45. The van der Waals surface area contributed by atoms with Crippen molar-refractivity contribution in [1.82, 2.24) is 4.90 Å². The van der Waals surface area contributed by atoms with E-state index in [1.54, 1.807) is 41.1 Å². The number of aliphatic hydroxyl groups excluding tert-OH is 1. The Kier molecular flexibility index (Phi) is 6.51. The predicted octanol–water partition coefficient (Wildman–Crippen LogP) is 5.04. The van der Waals surface area contributed by atoms with E-state index in [0.717, 1.165) is 5.69 Å². The first-order chi connectivity index (χ1) is 15.9. The molecule has 2 amide bonds. The number of benzene rings is 3. The maximum absolute atomic E-state index is 13.3. The lowest BCUT2D eigenvalue weighted by Gasteiger charge is -2.29. The van der Waals surface area contributed by atoms with Crippen molar-refractivity contribution in [1.29, 1.82) is 0 Å². The van der Waals surface area contributed by atoms with Crippen LogP contribution in [0.1, 0.15) is 36.1 Å². The van der Waals surface area contributed by atoms with Gasteiger partial charge in [-0.1, -0.05) is 30.3 Å². The third-order valence-electron chi connectivity index (χ3n) is 6.23. The summed E-state index contributed by atoms with van der Waals surface area (Å²) in [6.07, 6.45) is 0.0366. The first kappa shape index (κ1) is 22.6. The van der Waals surface area contributed by atoms with Crippen molar-refractivity contribution in [2.24, 2.45) is 0 Å². The number of ether oxygens (including phenoxy) is 1.